The van der Waals surface area contributed by atoms with E-state index in [2.05, 4.69) is 4.72 Å². The number of hydrogen-bond donors (Lipinski definition) is 1. The number of sulfonamides is 1. The third-order valence-corrected chi connectivity index (χ3v) is 5.40. The molecule has 0 aliphatic carbocycles. The van der Waals surface area contributed by atoms with E-state index >= 15 is 0 Å². The van der Waals surface area contributed by atoms with Crippen molar-refractivity contribution in [3.8, 4) is 0 Å². The van der Waals surface area contributed by atoms with Gasteiger partial charge in [-0.3, -0.25) is 4.79 Å². The first kappa shape index (κ1) is 17.9. The van der Waals surface area contributed by atoms with Crippen LogP contribution in [0.3, 0.4) is 0 Å². The van der Waals surface area contributed by atoms with Crippen LogP contribution in [0, 0.1) is 6.92 Å². The molecule has 0 aliphatic heterocycles. The normalized spacial score (nSPS) is 14.5. The minimum Gasteiger partial charge on any atom is -0.468 e. The van der Waals surface area contributed by atoms with Crippen LogP contribution in [-0.2, 0) is 19.6 Å². The van der Waals surface area contributed by atoms with Crippen LogP contribution >= 0.6 is 11.6 Å². The molecule has 0 radical (unpaired) electrons. The first-order valence-corrected chi connectivity index (χ1v) is 8.41. The minimum atomic E-state index is -3.88. The molecule has 5 nitrogen and oxygen atoms in total. The number of benzene rings is 1. The lowest BCUT2D eigenvalue weighted by molar-refractivity contribution is -0.147. The van der Waals surface area contributed by atoms with Gasteiger partial charge in [-0.2, -0.15) is 4.72 Å². The monoisotopic (exact) mass is 333 g/mol. The van der Waals surface area contributed by atoms with Gasteiger partial charge in [-0.15, -0.1) is 0 Å². The Morgan fingerprint density at radius 3 is 2.57 bits per heavy atom. The average Bonchev–Trinajstić information content (AvgIpc) is 2.40. The van der Waals surface area contributed by atoms with Crippen molar-refractivity contribution >= 4 is 27.6 Å². The largest absolute Gasteiger partial charge is 0.468 e. The van der Waals surface area contributed by atoms with Crippen molar-refractivity contribution in [3.63, 3.8) is 0 Å². The molecule has 0 spiro atoms. The Balaban J connectivity index is 3.24. The topological polar surface area (TPSA) is 72.5 Å². The van der Waals surface area contributed by atoms with Crippen molar-refractivity contribution in [2.75, 3.05) is 7.11 Å². The van der Waals surface area contributed by atoms with Crippen LogP contribution in [0.2, 0.25) is 5.02 Å². The summed E-state index contributed by atoms with van der Waals surface area (Å²) in [7, 11) is -2.65. The summed E-state index contributed by atoms with van der Waals surface area (Å²) in [6.07, 6.45) is 0.959. The fourth-order valence-corrected chi connectivity index (χ4v) is 4.04. The molecule has 1 atom stereocenters. The van der Waals surface area contributed by atoms with Crippen LogP contribution in [0.25, 0.3) is 0 Å². The van der Waals surface area contributed by atoms with Crippen molar-refractivity contribution in [3.05, 3.63) is 28.8 Å². The van der Waals surface area contributed by atoms with E-state index in [1.54, 1.807) is 19.1 Å². The van der Waals surface area contributed by atoms with E-state index in [1.807, 2.05) is 6.92 Å². The average molecular weight is 334 g/mol. The number of ether oxygens (including phenoxy) is 1. The molecule has 21 heavy (non-hydrogen) atoms. The molecule has 1 unspecified atom stereocenters. The second-order valence-corrected chi connectivity index (χ2v) is 7.10. The van der Waals surface area contributed by atoms with Gasteiger partial charge < -0.3 is 4.74 Å². The van der Waals surface area contributed by atoms with Gasteiger partial charge in [0.15, 0.2) is 0 Å². The van der Waals surface area contributed by atoms with Gasteiger partial charge in [0.05, 0.1) is 12.0 Å². The Labute approximate surface area is 130 Å². The van der Waals surface area contributed by atoms with E-state index in [4.69, 9.17) is 16.3 Å². The number of halogens is 1. The molecule has 0 heterocycles. The summed E-state index contributed by atoms with van der Waals surface area (Å²) in [6.45, 7) is 4.99. The van der Waals surface area contributed by atoms with Gasteiger partial charge in [-0.1, -0.05) is 31.0 Å². The second kappa shape index (κ2) is 6.77. The van der Waals surface area contributed by atoms with Crippen LogP contribution in [-0.4, -0.2) is 27.0 Å². The molecule has 0 aromatic heterocycles. The maximum Gasteiger partial charge on any atom is 0.326 e. The van der Waals surface area contributed by atoms with E-state index in [9.17, 15) is 13.2 Å². The van der Waals surface area contributed by atoms with Gasteiger partial charge in [0, 0.05) is 5.02 Å². The molecule has 7 heteroatoms. The lowest BCUT2D eigenvalue weighted by Crippen LogP contribution is -2.52. The van der Waals surface area contributed by atoms with Crippen molar-refractivity contribution in [1.82, 2.24) is 4.72 Å². The van der Waals surface area contributed by atoms with Crippen LogP contribution in [0.1, 0.15) is 32.3 Å². The van der Waals surface area contributed by atoms with E-state index < -0.39 is 21.5 Å². The molecular formula is C14H20ClNO4S. The van der Waals surface area contributed by atoms with Gasteiger partial charge in [0.2, 0.25) is 10.0 Å². The molecule has 0 fully saturated rings. The summed E-state index contributed by atoms with van der Waals surface area (Å²) in [4.78, 5) is 12.0. The van der Waals surface area contributed by atoms with Gasteiger partial charge in [-0.05, 0) is 38.0 Å². The predicted octanol–water partition coefficient (Wildman–Crippen LogP) is 2.66. The molecule has 0 bridgehead atoms. The fraction of sp³-hybridized carbons (Fsp3) is 0.500. The number of methoxy groups -OCH3 is 1. The van der Waals surface area contributed by atoms with Gasteiger partial charge in [0.1, 0.15) is 5.54 Å². The Bertz CT molecular complexity index is 630. The maximum atomic E-state index is 12.5. The van der Waals surface area contributed by atoms with Gasteiger partial charge in [0.25, 0.3) is 0 Å². The van der Waals surface area contributed by atoms with E-state index in [0.717, 1.165) is 0 Å². The molecule has 0 aliphatic rings. The lowest BCUT2D eigenvalue weighted by atomic mass is 9.98. The minimum absolute atomic E-state index is 0.0567. The van der Waals surface area contributed by atoms with Gasteiger partial charge in [-0.25, -0.2) is 8.42 Å². The first-order chi connectivity index (χ1) is 9.68. The van der Waals surface area contributed by atoms with Crippen molar-refractivity contribution < 1.29 is 17.9 Å². The Hall–Kier alpha value is -1.11. The Morgan fingerprint density at radius 1 is 1.43 bits per heavy atom. The van der Waals surface area contributed by atoms with E-state index in [1.165, 1.54) is 20.1 Å². The first-order valence-electron chi connectivity index (χ1n) is 6.55. The van der Waals surface area contributed by atoms with Crippen LogP contribution in [0.5, 0.6) is 0 Å². The molecule has 1 N–H and O–H groups in total. The zero-order chi connectivity index (χ0) is 16.3. The van der Waals surface area contributed by atoms with Crippen LogP contribution < -0.4 is 4.72 Å². The molecule has 1 rings (SSSR count). The molecule has 1 aromatic rings. The fourth-order valence-electron chi connectivity index (χ4n) is 2.15. The van der Waals surface area contributed by atoms with Crippen LogP contribution in [0.4, 0.5) is 0 Å². The summed E-state index contributed by atoms with van der Waals surface area (Å²) in [5.41, 5.74) is -0.868. The predicted molar refractivity (Wildman–Crippen MR) is 81.8 cm³/mol. The zero-order valence-electron chi connectivity index (χ0n) is 12.6. The summed E-state index contributed by atoms with van der Waals surface area (Å²) in [6, 6.07) is 4.62. The van der Waals surface area contributed by atoms with Crippen molar-refractivity contribution in [1.29, 1.82) is 0 Å². The molecule has 1 aromatic carbocycles. The smallest absolute Gasteiger partial charge is 0.326 e. The lowest BCUT2D eigenvalue weighted by Gasteiger charge is -2.27. The number of nitrogens with one attached hydrogen (secondary N) is 1. The highest BCUT2D eigenvalue weighted by molar-refractivity contribution is 7.89. The summed E-state index contributed by atoms with van der Waals surface area (Å²) < 4.78 is 32.2. The highest BCUT2D eigenvalue weighted by Crippen LogP contribution is 2.25. The third kappa shape index (κ3) is 3.96. The number of hydrogen-bond acceptors (Lipinski definition) is 4. The van der Waals surface area contributed by atoms with Gasteiger partial charge >= 0.3 is 5.97 Å². The van der Waals surface area contributed by atoms with Crippen molar-refractivity contribution in [2.24, 2.45) is 0 Å². The quantitative estimate of drug-likeness (QED) is 0.812. The highest BCUT2D eigenvalue weighted by Gasteiger charge is 2.38. The third-order valence-electron chi connectivity index (χ3n) is 3.25. The Kier molecular flexibility index (Phi) is 5.78. The van der Waals surface area contributed by atoms with Crippen molar-refractivity contribution in [2.45, 2.75) is 44.0 Å². The summed E-state index contributed by atoms with van der Waals surface area (Å²) in [5.74, 6) is -0.618. The molecule has 118 valence electrons. The molecule has 0 saturated carbocycles. The SMILES string of the molecule is CCCC(C)(NS(=O)(=O)c1cccc(Cl)c1C)C(=O)OC. The zero-order valence-corrected chi connectivity index (χ0v) is 14.1. The number of rotatable bonds is 6. The Morgan fingerprint density at radius 2 is 2.05 bits per heavy atom. The number of esters is 1. The molecule has 0 amide bonds. The standard InChI is InChI=1S/C14H20ClNO4S/c1-5-9-14(3,13(17)20-4)16-21(18,19)12-8-6-7-11(15)10(12)2/h6-8,16H,5,9H2,1-4H3. The van der Waals surface area contributed by atoms with E-state index in [-0.39, 0.29) is 4.90 Å². The molecular weight excluding hydrogens is 314 g/mol. The second-order valence-electron chi connectivity index (χ2n) is 5.04. The van der Waals surface area contributed by atoms with E-state index in [0.29, 0.717) is 23.4 Å². The van der Waals surface area contributed by atoms with Crippen LogP contribution in [0.15, 0.2) is 23.1 Å². The summed E-state index contributed by atoms with van der Waals surface area (Å²) in [5, 5.41) is 0.355. The molecule has 0 saturated heterocycles. The summed E-state index contributed by atoms with van der Waals surface area (Å²) >= 11 is 5.96. The maximum absolute atomic E-state index is 12.5. The highest BCUT2D eigenvalue weighted by atomic mass is 35.5. The number of carbonyl (C=O) groups excluding carboxylic acids is 1. The number of carbonyl (C=O) groups is 1.